The first-order chi connectivity index (χ1) is 9.84. The average Bonchev–Trinajstić information content (AvgIpc) is 2.52. The lowest BCUT2D eigenvalue weighted by Crippen LogP contribution is -2.40. The third-order valence-electron chi connectivity index (χ3n) is 3.60. The summed E-state index contributed by atoms with van der Waals surface area (Å²) >= 11 is 0. The van der Waals surface area contributed by atoms with Gasteiger partial charge in [-0.1, -0.05) is 18.2 Å². The highest BCUT2D eigenvalue weighted by atomic mass is 16.5. The number of likely N-dealkylation sites (N-methyl/N-ethyl adjacent to an activating group) is 1. The molecule has 0 atom stereocenters. The Balaban J connectivity index is 1.50. The Hall–Kier alpha value is -1.10. The molecule has 1 aliphatic heterocycles. The molecule has 0 amide bonds. The fourth-order valence-electron chi connectivity index (χ4n) is 2.29. The van der Waals surface area contributed by atoms with E-state index in [4.69, 9.17) is 9.47 Å². The Labute approximate surface area is 122 Å². The van der Waals surface area contributed by atoms with Crippen LogP contribution in [0.2, 0.25) is 0 Å². The minimum atomic E-state index is 0.784. The number of ether oxygens (including phenoxy) is 2. The molecule has 4 nitrogen and oxygen atoms in total. The molecule has 0 aromatic heterocycles. The van der Waals surface area contributed by atoms with Crippen LogP contribution in [0.5, 0.6) is 5.75 Å². The molecule has 0 aliphatic carbocycles. The van der Waals surface area contributed by atoms with Crippen LogP contribution in [0.25, 0.3) is 0 Å². The standard InChI is InChI=1S/C16H26N2O2/c1-17(9-10-18-11-14-19-15-12-18)8-5-13-20-16-6-3-2-4-7-16/h2-4,6-7H,5,8-15H2,1H3. The number of hydrogen-bond acceptors (Lipinski definition) is 4. The smallest absolute Gasteiger partial charge is 0.119 e. The number of para-hydroxylation sites is 1. The third kappa shape index (κ3) is 5.90. The molecule has 0 spiro atoms. The molecule has 1 aromatic rings. The van der Waals surface area contributed by atoms with E-state index in [2.05, 4.69) is 16.8 Å². The molecule has 112 valence electrons. The van der Waals surface area contributed by atoms with Gasteiger partial charge in [0.15, 0.2) is 0 Å². The lowest BCUT2D eigenvalue weighted by Gasteiger charge is -2.28. The van der Waals surface area contributed by atoms with Gasteiger partial charge in [0, 0.05) is 32.7 Å². The van der Waals surface area contributed by atoms with E-state index in [0.29, 0.717) is 0 Å². The maximum absolute atomic E-state index is 5.70. The molecule has 1 aliphatic rings. The predicted octanol–water partition coefficient (Wildman–Crippen LogP) is 1.72. The molecular weight excluding hydrogens is 252 g/mol. The van der Waals surface area contributed by atoms with Crippen molar-refractivity contribution < 1.29 is 9.47 Å². The van der Waals surface area contributed by atoms with Crippen LogP contribution in [0.4, 0.5) is 0 Å². The van der Waals surface area contributed by atoms with E-state index < -0.39 is 0 Å². The van der Waals surface area contributed by atoms with Crippen molar-refractivity contribution in [2.24, 2.45) is 0 Å². The zero-order chi connectivity index (χ0) is 14.0. The summed E-state index contributed by atoms with van der Waals surface area (Å²) in [5, 5.41) is 0. The van der Waals surface area contributed by atoms with Gasteiger partial charge < -0.3 is 14.4 Å². The second-order valence-corrected chi connectivity index (χ2v) is 5.27. The Morgan fingerprint density at radius 1 is 1.15 bits per heavy atom. The molecule has 0 unspecified atom stereocenters. The molecule has 0 N–H and O–H groups in total. The molecular formula is C16H26N2O2. The quantitative estimate of drug-likeness (QED) is 0.676. The number of morpholine rings is 1. The summed E-state index contributed by atoms with van der Waals surface area (Å²) < 4.78 is 11.1. The SMILES string of the molecule is CN(CCCOc1ccccc1)CCN1CCOCC1. The molecule has 1 heterocycles. The Kier molecular flexibility index (Phi) is 6.84. The maximum Gasteiger partial charge on any atom is 0.119 e. The van der Waals surface area contributed by atoms with Crippen LogP contribution in [0.3, 0.4) is 0 Å². The van der Waals surface area contributed by atoms with E-state index in [-0.39, 0.29) is 0 Å². The Morgan fingerprint density at radius 2 is 1.90 bits per heavy atom. The van der Waals surface area contributed by atoms with Gasteiger partial charge in [-0.3, -0.25) is 4.90 Å². The van der Waals surface area contributed by atoms with Crippen molar-refractivity contribution in [1.82, 2.24) is 9.80 Å². The monoisotopic (exact) mass is 278 g/mol. The molecule has 1 saturated heterocycles. The van der Waals surface area contributed by atoms with Crippen molar-refractivity contribution in [3.63, 3.8) is 0 Å². The lowest BCUT2D eigenvalue weighted by atomic mass is 10.3. The van der Waals surface area contributed by atoms with Crippen molar-refractivity contribution in [1.29, 1.82) is 0 Å². The van der Waals surface area contributed by atoms with Crippen molar-refractivity contribution in [3.05, 3.63) is 30.3 Å². The van der Waals surface area contributed by atoms with Gasteiger partial charge in [-0.15, -0.1) is 0 Å². The van der Waals surface area contributed by atoms with Gasteiger partial charge in [0.25, 0.3) is 0 Å². The van der Waals surface area contributed by atoms with Gasteiger partial charge in [-0.2, -0.15) is 0 Å². The van der Waals surface area contributed by atoms with Crippen LogP contribution < -0.4 is 4.74 Å². The Bertz CT molecular complexity index is 353. The van der Waals surface area contributed by atoms with Crippen LogP contribution in [0.15, 0.2) is 30.3 Å². The van der Waals surface area contributed by atoms with E-state index in [1.807, 2.05) is 30.3 Å². The van der Waals surface area contributed by atoms with Crippen LogP contribution in [-0.2, 0) is 4.74 Å². The van der Waals surface area contributed by atoms with Crippen LogP contribution in [0.1, 0.15) is 6.42 Å². The van der Waals surface area contributed by atoms with Gasteiger partial charge in [-0.25, -0.2) is 0 Å². The molecule has 1 aromatic carbocycles. The highest BCUT2D eigenvalue weighted by Gasteiger charge is 2.10. The summed E-state index contributed by atoms with van der Waals surface area (Å²) in [5.74, 6) is 0.962. The van der Waals surface area contributed by atoms with E-state index in [9.17, 15) is 0 Å². The molecule has 20 heavy (non-hydrogen) atoms. The minimum Gasteiger partial charge on any atom is -0.494 e. The first-order valence-electron chi connectivity index (χ1n) is 7.51. The molecule has 4 heteroatoms. The Morgan fingerprint density at radius 3 is 2.65 bits per heavy atom. The lowest BCUT2D eigenvalue weighted by molar-refractivity contribution is 0.0343. The van der Waals surface area contributed by atoms with Crippen LogP contribution in [0, 0.1) is 0 Å². The average molecular weight is 278 g/mol. The van der Waals surface area contributed by atoms with Crippen molar-refractivity contribution in [2.45, 2.75) is 6.42 Å². The number of hydrogen-bond donors (Lipinski definition) is 0. The van der Waals surface area contributed by atoms with Gasteiger partial charge in [0.1, 0.15) is 5.75 Å². The minimum absolute atomic E-state index is 0.784. The summed E-state index contributed by atoms with van der Waals surface area (Å²) in [5.41, 5.74) is 0. The first kappa shape index (κ1) is 15.3. The third-order valence-corrected chi connectivity index (χ3v) is 3.60. The summed E-state index contributed by atoms with van der Waals surface area (Å²) in [6.45, 7) is 8.03. The number of nitrogens with zero attached hydrogens (tertiary/aromatic N) is 2. The van der Waals surface area contributed by atoms with E-state index >= 15 is 0 Å². The van der Waals surface area contributed by atoms with Crippen molar-refractivity contribution >= 4 is 0 Å². The van der Waals surface area contributed by atoms with E-state index in [1.165, 1.54) is 0 Å². The second kappa shape index (κ2) is 8.95. The zero-order valence-electron chi connectivity index (χ0n) is 12.5. The van der Waals surface area contributed by atoms with Gasteiger partial charge in [0.05, 0.1) is 19.8 Å². The molecule has 0 saturated carbocycles. The normalized spacial score (nSPS) is 16.5. The van der Waals surface area contributed by atoms with Crippen molar-refractivity contribution in [2.75, 3.05) is 59.6 Å². The van der Waals surface area contributed by atoms with Gasteiger partial charge >= 0.3 is 0 Å². The molecule has 2 rings (SSSR count). The number of benzene rings is 1. The van der Waals surface area contributed by atoms with Gasteiger partial charge in [0.2, 0.25) is 0 Å². The van der Waals surface area contributed by atoms with Crippen LogP contribution in [-0.4, -0.2) is 69.4 Å². The summed E-state index contributed by atoms with van der Waals surface area (Å²) in [6, 6.07) is 10.0. The fraction of sp³-hybridized carbons (Fsp3) is 0.625. The van der Waals surface area contributed by atoms with Gasteiger partial charge in [-0.05, 0) is 25.6 Å². The maximum atomic E-state index is 5.70. The highest BCUT2D eigenvalue weighted by Crippen LogP contribution is 2.08. The zero-order valence-corrected chi connectivity index (χ0v) is 12.5. The van der Waals surface area contributed by atoms with E-state index in [1.54, 1.807) is 0 Å². The first-order valence-corrected chi connectivity index (χ1v) is 7.51. The topological polar surface area (TPSA) is 24.9 Å². The molecule has 0 bridgehead atoms. The molecule has 0 radical (unpaired) electrons. The largest absolute Gasteiger partial charge is 0.494 e. The van der Waals surface area contributed by atoms with Crippen molar-refractivity contribution in [3.8, 4) is 5.75 Å². The predicted molar refractivity (Wildman–Crippen MR) is 81.3 cm³/mol. The second-order valence-electron chi connectivity index (χ2n) is 5.27. The highest BCUT2D eigenvalue weighted by molar-refractivity contribution is 5.20. The summed E-state index contributed by atoms with van der Waals surface area (Å²) in [7, 11) is 2.18. The number of rotatable bonds is 8. The summed E-state index contributed by atoms with van der Waals surface area (Å²) in [4.78, 5) is 4.85. The summed E-state index contributed by atoms with van der Waals surface area (Å²) in [6.07, 6.45) is 1.06. The molecule has 1 fully saturated rings. The van der Waals surface area contributed by atoms with Crippen LogP contribution >= 0.6 is 0 Å². The van der Waals surface area contributed by atoms with E-state index in [0.717, 1.165) is 64.7 Å². The fourth-order valence-corrected chi connectivity index (χ4v) is 2.29.